The molecule has 30 heavy (non-hydrogen) atoms. The minimum Gasteiger partial charge on any atom is -0.323 e. The Bertz CT molecular complexity index is 1160. The number of sulfonamides is 1. The molecule has 0 aliphatic heterocycles. The number of benzene rings is 3. The Morgan fingerprint density at radius 1 is 0.867 bits per heavy atom. The van der Waals surface area contributed by atoms with Crippen LogP contribution in [0, 0.1) is 20.8 Å². The van der Waals surface area contributed by atoms with Crippen molar-refractivity contribution in [2.24, 2.45) is 0 Å². The van der Waals surface area contributed by atoms with Crippen LogP contribution in [0.4, 0.5) is 11.4 Å². The van der Waals surface area contributed by atoms with Gasteiger partial charge in [0.1, 0.15) is 0 Å². The summed E-state index contributed by atoms with van der Waals surface area (Å²) in [5.74, 6) is -0.293. The maximum absolute atomic E-state index is 12.8. The molecule has 0 aliphatic carbocycles. The number of rotatable bonds is 6. The van der Waals surface area contributed by atoms with Gasteiger partial charge in [-0.1, -0.05) is 48.0 Å². The van der Waals surface area contributed by atoms with Gasteiger partial charge in [0.15, 0.2) is 0 Å². The first-order chi connectivity index (χ1) is 14.2. The van der Waals surface area contributed by atoms with Gasteiger partial charge in [-0.25, -0.2) is 8.42 Å². The van der Waals surface area contributed by atoms with Crippen molar-refractivity contribution >= 4 is 33.4 Å². The Kier molecular flexibility index (Phi) is 6.37. The predicted molar refractivity (Wildman–Crippen MR) is 122 cm³/mol. The van der Waals surface area contributed by atoms with E-state index in [2.05, 4.69) is 10.0 Å². The summed E-state index contributed by atoms with van der Waals surface area (Å²) in [5.41, 5.74) is 4.83. The lowest BCUT2D eigenvalue weighted by atomic mass is 10.1. The van der Waals surface area contributed by atoms with Crippen LogP contribution in [-0.4, -0.2) is 14.3 Å². The highest BCUT2D eigenvalue weighted by molar-refractivity contribution is 7.92. The average molecular weight is 421 g/mol. The molecule has 2 N–H and O–H groups in total. The van der Waals surface area contributed by atoms with Crippen LogP contribution in [0.15, 0.2) is 77.7 Å². The van der Waals surface area contributed by atoms with E-state index in [9.17, 15) is 13.2 Å². The molecule has 3 rings (SSSR count). The van der Waals surface area contributed by atoms with Crippen molar-refractivity contribution in [2.75, 3.05) is 10.0 Å². The Morgan fingerprint density at radius 2 is 1.47 bits per heavy atom. The van der Waals surface area contributed by atoms with E-state index in [1.165, 1.54) is 18.2 Å². The molecule has 0 saturated carbocycles. The Balaban J connectivity index is 1.70. The predicted octanol–water partition coefficient (Wildman–Crippen LogP) is 5.06. The summed E-state index contributed by atoms with van der Waals surface area (Å²) in [5, 5.41) is 2.72. The molecule has 3 aromatic rings. The molecule has 1 amide bonds. The van der Waals surface area contributed by atoms with E-state index in [-0.39, 0.29) is 10.8 Å². The topological polar surface area (TPSA) is 75.3 Å². The van der Waals surface area contributed by atoms with Crippen molar-refractivity contribution < 1.29 is 13.2 Å². The first kappa shape index (κ1) is 21.3. The SMILES string of the molecule is Cc1cc(C)c(NS(=O)(=O)c2ccc(NC(=O)C=Cc3ccccc3)cc2)c(C)c1. The Labute approximate surface area is 177 Å². The molecule has 0 atom stereocenters. The minimum atomic E-state index is -3.74. The van der Waals surface area contributed by atoms with E-state index >= 15 is 0 Å². The second-order valence-corrected chi connectivity index (χ2v) is 8.82. The van der Waals surface area contributed by atoms with Crippen molar-refractivity contribution in [1.29, 1.82) is 0 Å². The fourth-order valence-electron chi connectivity index (χ4n) is 3.17. The number of carbonyl (C=O) groups is 1. The second kappa shape index (κ2) is 8.97. The van der Waals surface area contributed by atoms with Crippen LogP contribution < -0.4 is 10.0 Å². The highest BCUT2D eigenvalue weighted by Crippen LogP contribution is 2.25. The van der Waals surface area contributed by atoms with Crippen LogP contribution in [0.25, 0.3) is 6.08 Å². The molecule has 0 unspecified atom stereocenters. The van der Waals surface area contributed by atoms with Gasteiger partial charge < -0.3 is 5.32 Å². The summed E-state index contributed by atoms with van der Waals surface area (Å²) in [6.45, 7) is 5.72. The molecule has 0 aliphatic rings. The van der Waals surface area contributed by atoms with Crippen molar-refractivity contribution in [3.63, 3.8) is 0 Å². The number of anilines is 2. The third-order valence-electron chi connectivity index (χ3n) is 4.57. The number of aryl methyl sites for hydroxylation is 3. The second-order valence-electron chi connectivity index (χ2n) is 7.14. The molecule has 154 valence electrons. The summed E-state index contributed by atoms with van der Waals surface area (Å²) in [4.78, 5) is 12.2. The number of hydrogen-bond acceptors (Lipinski definition) is 3. The quantitative estimate of drug-likeness (QED) is 0.547. The molecular weight excluding hydrogens is 396 g/mol. The van der Waals surface area contributed by atoms with E-state index in [1.807, 2.05) is 63.2 Å². The van der Waals surface area contributed by atoms with Crippen LogP contribution in [0.3, 0.4) is 0 Å². The third-order valence-corrected chi connectivity index (χ3v) is 5.94. The van der Waals surface area contributed by atoms with Crippen LogP contribution in [0.1, 0.15) is 22.3 Å². The normalized spacial score (nSPS) is 11.4. The molecule has 6 heteroatoms. The first-order valence-corrected chi connectivity index (χ1v) is 11.0. The van der Waals surface area contributed by atoms with E-state index in [0.29, 0.717) is 11.4 Å². The van der Waals surface area contributed by atoms with Crippen molar-refractivity contribution in [1.82, 2.24) is 0 Å². The van der Waals surface area contributed by atoms with Crippen LogP contribution in [0.5, 0.6) is 0 Å². The number of hydrogen-bond donors (Lipinski definition) is 2. The summed E-state index contributed by atoms with van der Waals surface area (Å²) in [6.07, 6.45) is 3.15. The molecule has 0 spiro atoms. The smallest absolute Gasteiger partial charge is 0.261 e. The van der Waals surface area contributed by atoms with Gasteiger partial charge in [-0.2, -0.15) is 0 Å². The zero-order valence-electron chi connectivity index (χ0n) is 17.1. The lowest BCUT2D eigenvalue weighted by Gasteiger charge is -2.14. The maximum atomic E-state index is 12.8. The van der Waals surface area contributed by atoms with Crippen molar-refractivity contribution in [3.8, 4) is 0 Å². The summed E-state index contributed by atoms with van der Waals surface area (Å²) in [7, 11) is -3.74. The van der Waals surface area contributed by atoms with E-state index in [0.717, 1.165) is 22.3 Å². The average Bonchev–Trinajstić information content (AvgIpc) is 2.70. The molecule has 3 aromatic carbocycles. The van der Waals surface area contributed by atoms with Gasteiger partial charge in [-0.3, -0.25) is 9.52 Å². The van der Waals surface area contributed by atoms with Gasteiger partial charge in [-0.15, -0.1) is 0 Å². The van der Waals surface area contributed by atoms with Crippen LogP contribution in [0.2, 0.25) is 0 Å². The minimum absolute atomic E-state index is 0.125. The van der Waals surface area contributed by atoms with E-state index in [4.69, 9.17) is 0 Å². The lowest BCUT2D eigenvalue weighted by Crippen LogP contribution is -2.15. The van der Waals surface area contributed by atoms with E-state index < -0.39 is 10.0 Å². The molecule has 0 radical (unpaired) electrons. The highest BCUT2D eigenvalue weighted by Gasteiger charge is 2.17. The summed E-state index contributed by atoms with van der Waals surface area (Å²) in [6, 6.07) is 19.4. The molecule has 0 aromatic heterocycles. The maximum Gasteiger partial charge on any atom is 0.261 e. The monoisotopic (exact) mass is 420 g/mol. The highest BCUT2D eigenvalue weighted by atomic mass is 32.2. The van der Waals surface area contributed by atoms with Gasteiger partial charge in [-0.05, 0) is 67.8 Å². The third kappa shape index (κ3) is 5.36. The Hall–Kier alpha value is -3.38. The summed E-state index contributed by atoms with van der Waals surface area (Å²) >= 11 is 0. The molecule has 0 fully saturated rings. The molecule has 0 bridgehead atoms. The van der Waals surface area contributed by atoms with Gasteiger partial charge in [0.25, 0.3) is 10.0 Å². The van der Waals surface area contributed by atoms with Crippen molar-refractivity contribution in [2.45, 2.75) is 25.7 Å². The molecule has 5 nitrogen and oxygen atoms in total. The number of nitrogens with one attached hydrogen (secondary N) is 2. The standard InChI is InChI=1S/C24H24N2O3S/c1-17-15-18(2)24(19(3)16-17)26-30(28,29)22-12-10-21(11-13-22)25-23(27)14-9-20-7-5-4-6-8-20/h4-16,26H,1-3H3,(H,25,27). The van der Waals surface area contributed by atoms with Crippen LogP contribution in [-0.2, 0) is 14.8 Å². The largest absolute Gasteiger partial charge is 0.323 e. The van der Waals surface area contributed by atoms with Gasteiger partial charge in [0, 0.05) is 11.8 Å². The number of amides is 1. The fraction of sp³-hybridized carbons (Fsp3) is 0.125. The number of carbonyl (C=O) groups excluding carboxylic acids is 1. The lowest BCUT2D eigenvalue weighted by molar-refractivity contribution is -0.111. The summed E-state index contributed by atoms with van der Waals surface area (Å²) < 4.78 is 28.2. The van der Waals surface area contributed by atoms with Gasteiger partial charge in [0.05, 0.1) is 10.6 Å². The molecule has 0 heterocycles. The zero-order valence-corrected chi connectivity index (χ0v) is 18.0. The van der Waals surface area contributed by atoms with Gasteiger partial charge >= 0.3 is 0 Å². The van der Waals surface area contributed by atoms with Gasteiger partial charge in [0.2, 0.25) is 5.91 Å². The fourth-order valence-corrected chi connectivity index (χ4v) is 4.37. The molecule has 0 saturated heterocycles. The molecular formula is C24H24N2O3S. The van der Waals surface area contributed by atoms with Crippen LogP contribution >= 0.6 is 0 Å². The zero-order chi connectivity index (χ0) is 21.7. The van der Waals surface area contributed by atoms with E-state index in [1.54, 1.807) is 18.2 Å². The first-order valence-electron chi connectivity index (χ1n) is 9.49. The van der Waals surface area contributed by atoms with Crippen molar-refractivity contribution in [3.05, 3.63) is 95.1 Å². The Morgan fingerprint density at radius 3 is 2.07 bits per heavy atom.